The highest BCUT2D eigenvalue weighted by Gasteiger charge is 2.43. The van der Waals surface area contributed by atoms with Gasteiger partial charge in [-0.15, -0.1) is 0 Å². The molecular formula is C7H13F2NO. The van der Waals surface area contributed by atoms with Crippen LogP contribution in [-0.4, -0.2) is 42.2 Å². The number of aliphatic hydroxyl groups is 1. The van der Waals surface area contributed by atoms with Crippen molar-refractivity contribution in [2.45, 2.75) is 24.8 Å². The van der Waals surface area contributed by atoms with Crippen molar-refractivity contribution in [2.24, 2.45) is 0 Å². The van der Waals surface area contributed by atoms with Gasteiger partial charge in [-0.3, -0.25) is 4.90 Å². The van der Waals surface area contributed by atoms with Gasteiger partial charge in [-0.2, -0.15) is 0 Å². The van der Waals surface area contributed by atoms with E-state index in [4.69, 9.17) is 5.11 Å². The summed E-state index contributed by atoms with van der Waals surface area (Å²) in [6.45, 7) is -0.331. The molecule has 1 saturated heterocycles. The molecule has 1 atom stereocenters. The first-order valence-corrected chi connectivity index (χ1v) is 3.77. The zero-order chi connectivity index (χ0) is 8.48. The summed E-state index contributed by atoms with van der Waals surface area (Å²) in [6.07, 6.45) is 1.29. The van der Waals surface area contributed by atoms with Crippen LogP contribution in [-0.2, 0) is 0 Å². The van der Waals surface area contributed by atoms with Crippen LogP contribution in [0.15, 0.2) is 0 Å². The highest BCUT2D eigenvalue weighted by atomic mass is 19.3. The number of nitrogens with zero attached hydrogens (tertiary/aromatic N) is 1. The first-order chi connectivity index (χ1) is 5.08. The lowest BCUT2D eigenvalue weighted by Crippen LogP contribution is -2.44. The van der Waals surface area contributed by atoms with Crippen LogP contribution in [0.3, 0.4) is 0 Å². The smallest absolute Gasteiger partial charge is 0.285 e. The van der Waals surface area contributed by atoms with Gasteiger partial charge in [-0.1, -0.05) is 0 Å². The molecule has 0 aromatic rings. The van der Waals surface area contributed by atoms with E-state index >= 15 is 0 Å². The molecule has 0 aromatic carbocycles. The van der Waals surface area contributed by atoms with E-state index in [0.717, 1.165) is 6.42 Å². The number of hydrogen-bond donors (Lipinski definition) is 1. The third kappa shape index (κ3) is 1.68. The first-order valence-electron chi connectivity index (χ1n) is 3.77. The van der Waals surface area contributed by atoms with Crippen molar-refractivity contribution in [1.29, 1.82) is 0 Å². The van der Waals surface area contributed by atoms with Gasteiger partial charge < -0.3 is 5.11 Å². The van der Waals surface area contributed by atoms with Gasteiger partial charge >= 0.3 is 0 Å². The molecule has 0 amide bonds. The molecule has 0 saturated carbocycles. The minimum atomic E-state index is -2.93. The van der Waals surface area contributed by atoms with Crippen LogP contribution in [0.1, 0.15) is 12.8 Å². The summed E-state index contributed by atoms with van der Waals surface area (Å²) in [5.41, 5.74) is 0. The maximum absolute atomic E-state index is 12.8. The Bertz CT molecular complexity index is 140. The number of halogens is 2. The Hall–Kier alpha value is -0.220. The molecule has 1 aliphatic rings. The average Bonchev–Trinajstić information content (AvgIpc) is 2.36. The van der Waals surface area contributed by atoms with Gasteiger partial charge in [0.15, 0.2) is 0 Å². The van der Waals surface area contributed by atoms with E-state index in [0.29, 0.717) is 13.0 Å². The summed E-state index contributed by atoms with van der Waals surface area (Å²) in [6, 6.07) is -0.757. The van der Waals surface area contributed by atoms with Crippen molar-refractivity contribution in [3.63, 3.8) is 0 Å². The molecule has 1 fully saturated rings. The Balaban J connectivity index is 2.58. The van der Waals surface area contributed by atoms with Crippen LogP contribution in [0.25, 0.3) is 0 Å². The molecule has 1 heterocycles. The molecule has 11 heavy (non-hydrogen) atoms. The van der Waals surface area contributed by atoms with Crippen molar-refractivity contribution in [3.05, 3.63) is 0 Å². The monoisotopic (exact) mass is 165 g/mol. The highest BCUT2D eigenvalue weighted by molar-refractivity contribution is 4.88. The third-order valence-electron chi connectivity index (χ3n) is 2.22. The number of alkyl halides is 2. The molecule has 0 aromatic heterocycles. The fourth-order valence-electron chi connectivity index (χ4n) is 1.55. The van der Waals surface area contributed by atoms with E-state index in [1.54, 1.807) is 11.9 Å². The second-order valence-corrected chi connectivity index (χ2v) is 3.06. The summed E-state index contributed by atoms with van der Waals surface area (Å²) in [5, 5.41) is 8.40. The zero-order valence-corrected chi connectivity index (χ0v) is 6.56. The Morgan fingerprint density at radius 1 is 1.64 bits per heavy atom. The van der Waals surface area contributed by atoms with E-state index in [1.807, 2.05) is 0 Å². The third-order valence-corrected chi connectivity index (χ3v) is 2.22. The lowest BCUT2D eigenvalue weighted by molar-refractivity contribution is -0.0993. The quantitative estimate of drug-likeness (QED) is 0.651. The van der Waals surface area contributed by atoms with Gasteiger partial charge in [0.05, 0.1) is 6.04 Å². The Kier molecular flexibility index (Phi) is 2.44. The summed E-state index contributed by atoms with van der Waals surface area (Å²) in [5.74, 6) is -2.93. The largest absolute Gasteiger partial charge is 0.390 e. The summed E-state index contributed by atoms with van der Waals surface area (Å²) in [4.78, 5) is 1.61. The average molecular weight is 165 g/mol. The molecule has 1 unspecified atom stereocenters. The highest BCUT2D eigenvalue weighted by Crippen LogP contribution is 2.29. The number of hydrogen-bond acceptors (Lipinski definition) is 2. The molecule has 66 valence electrons. The first kappa shape index (κ1) is 8.87. The lowest BCUT2D eigenvalue weighted by Gasteiger charge is -2.26. The van der Waals surface area contributed by atoms with Crippen molar-refractivity contribution in [2.75, 3.05) is 20.2 Å². The van der Waals surface area contributed by atoms with E-state index < -0.39 is 18.6 Å². The Morgan fingerprint density at radius 2 is 2.27 bits per heavy atom. The maximum atomic E-state index is 12.8. The van der Waals surface area contributed by atoms with E-state index in [2.05, 4.69) is 0 Å². The van der Waals surface area contributed by atoms with Gasteiger partial charge in [0.25, 0.3) is 5.92 Å². The van der Waals surface area contributed by atoms with Crippen molar-refractivity contribution < 1.29 is 13.9 Å². The predicted octanol–water partition coefficient (Wildman–Crippen LogP) is 0.708. The fourth-order valence-corrected chi connectivity index (χ4v) is 1.55. The Morgan fingerprint density at radius 3 is 2.64 bits per heavy atom. The molecule has 0 aliphatic carbocycles. The van der Waals surface area contributed by atoms with Crippen LogP contribution < -0.4 is 0 Å². The van der Waals surface area contributed by atoms with Crippen LogP contribution in [0.5, 0.6) is 0 Å². The second-order valence-electron chi connectivity index (χ2n) is 3.06. The minimum absolute atomic E-state index is 0.490. The molecule has 0 radical (unpaired) electrons. The molecule has 0 spiro atoms. The van der Waals surface area contributed by atoms with Gasteiger partial charge in [0.1, 0.15) is 6.61 Å². The lowest BCUT2D eigenvalue weighted by atomic mass is 10.1. The van der Waals surface area contributed by atoms with Crippen molar-refractivity contribution >= 4 is 0 Å². The molecule has 1 N–H and O–H groups in total. The Labute approximate surface area is 64.8 Å². The molecule has 4 heteroatoms. The van der Waals surface area contributed by atoms with Gasteiger partial charge in [0.2, 0.25) is 0 Å². The predicted molar refractivity (Wildman–Crippen MR) is 37.7 cm³/mol. The number of likely N-dealkylation sites (tertiary alicyclic amines) is 1. The molecule has 1 aliphatic heterocycles. The van der Waals surface area contributed by atoms with Crippen LogP contribution in [0.2, 0.25) is 0 Å². The van der Waals surface area contributed by atoms with Crippen molar-refractivity contribution in [1.82, 2.24) is 4.90 Å². The number of aliphatic hydroxyl groups excluding tert-OH is 1. The normalized spacial score (nSPS) is 27.8. The fraction of sp³-hybridized carbons (Fsp3) is 1.00. The topological polar surface area (TPSA) is 23.5 Å². The van der Waals surface area contributed by atoms with E-state index in [-0.39, 0.29) is 0 Å². The molecule has 0 bridgehead atoms. The molecule has 2 nitrogen and oxygen atoms in total. The summed E-state index contributed by atoms with van der Waals surface area (Å²) >= 11 is 0. The van der Waals surface area contributed by atoms with Gasteiger partial charge in [0, 0.05) is 0 Å². The van der Waals surface area contributed by atoms with E-state index in [1.165, 1.54) is 0 Å². The maximum Gasteiger partial charge on any atom is 0.285 e. The SMILES string of the molecule is CN1CCCC1C(F)(F)CO. The van der Waals surface area contributed by atoms with Crippen LogP contribution >= 0.6 is 0 Å². The van der Waals surface area contributed by atoms with Gasteiger partial charge in [-0.25, -0.2) is 8.78 Å². The van der Waals surface area contributed by atoms with Crippen LogP contribution in [0.4, 0.5) is 8.78 Å². The van der Waals surface area contributed by atoms with Crippen molar-refractivity contribution in [3.8, 4) is 0 Å². The minimum Gasteiger partial charge on any atom is -0.390 e. The van der Waals surface area contributed by atoms with Crippen LogP contribution in [0, 0.1) is 0 Å². The molecule has 1 rings (SSSR count). The molecular weight excluding hydrogens is 152 g/mol. The van der Waals surface area contributed by atoms with E-state index in [9.17, 15) is 8.78 Å². The zero-order valence-electron chi connectivity index (χ0n) is 6.56. The van der Waals surface area contributed by atoms with Gasteiger partial charge in [-0.05, 0) is 26.4 Å². The number of rotatable bonds is 2. The standard InChI is InChI=1S/C7H13F2NO/c1-10-4-2-3-6(10)7(8,9)5-11/h6,11H,2-5H2,1H3. The summed E-state index contributed by atoms with van der Waals surface area (Å²) in [7, 11) is 1.67. The second kappa shape index (κ2) is 3.03. The summed E-state index contributed by atoms with van der Waals surface area (Å²) < 4.78 is 25.6.